The smallest absolute Gasteiger partial charge is 0.0850 e. The van der Waals surface area contributed by atoms with Gasteiger partial charge in [-0.1, -0.05) is 51.9 Å². The second kappa shape index (κ2) is 14.7. The van der Waals surface area contributed by atoms with Gasteiger partial charge in [0.1, 0.15) is 0 Å². The molecule has 0 aliphatic rings. The van der Waals surface area contributed by atoms with Crippen LogP contribution in [0.3, 0.4) is 0 Å². The molecule has 0 aromatic carbocycles. The maximum atomic E-state index is 3.84. The van der Waals surface area contributed by atoms with Crippen LogP contribution < -0.4 is 12.4 Å². The van der Waals surface area contributed by atoms with Crippen molar-refractivity contribution in [3.05, 3.63) is 6.92 Å². The lowest BCUT2D eigenvalue weighted by Crippen LogP contribution is -3.00. The third kappa shape index (κ3) is 15.0. The van der Waals surface area contributed by atoms with Crippen LogP contribution in [0.2, 0.25) is 0 Å². The highest BCUT2D eigenvalue weighted by Gasteiger charge is 1.91. The lowest BCUT2D eigenvalue weighted by atomic mass is 10.1. The van der Waals surface area contributed by atoms with Gasteiger partial charge in [-0.15, -0.1) is 0 Å². The SMILES string of the molecule is [CH2+]CCCCCCCCCCC.[Cl-]. The zero-order chi connectivity index (χ0) is 9.07. The molecule has 0 atom stereocenters. The summed E-state index contributed by atoms with van der Waals surface area (Å²) in [7, 11) is 0. The normalized spacial score (nSPS) is 9.62. The molecule has 1 heteroatoms. The van der Waals surface area contributed by atoms with E-state index in [1.54, 1.807) is 0 Å². The summed E-state index contributed by atoms with van der Waals surface area (Å²) in [5, 5.41) is 0. The second-order valence-corrected chi connectivity index (χ2v) is 3.68. The van der Waals surface area contributed by atoms with Crippen molar-refractivity contribution in [2.24, 2.45) is 0 Å². The first-order valence-corrected chi connectivity index (χ1v) is 5.71. The Morgan fingerprint density at radius 3 is 1.46 bits per heavy atom. The predicted octanol–water partition coefficient (Wildman–Crippen LogP) is 1.75. The average molecular weight is 205 g/mol. The van der Waals surface area contributed by atoms with Crippen LogP contribution in [0.25, 0.3) is 0 Å². The first-order valence-electron chi connectivity index (χ1n) is 5.71. The van der Waals surface area contributed by atoms with E-state index in [-0.39, 0.29) is 12.4 Å². The van der Waals surface area contributed by atoms with Crippen LogP contribution in [-0.4, -0.2) is 0 Å². The highest BCUT2D eigenvalue weighted by atomic mass is 35.5. The number of hydrogen-bond donors (Lipinski definition) is 0. The van der Waals surface area contributed by atoms with Crippen LogP contribution in [0.5, 0.6) is 0 Å². The van der Waals surface area contributed by atoms with Gasteiger partial charge in [0.05, 0.1) is 13.3 Å². The molecule has 80 valence electrons. The quantitative estimate of drug-likeness (QED) is 0.397. The lowest BCUT2D eigenvalue weighted by Gasteiger charge is -1.99. The van der Waals surface area contributed by atoms with Gasteiger partial charge in [0.2, 0.25) is 0 Å². The largest absolute Gasteiger partial charge is 1.00 e. The Hall–Kier alpha value is 0.160. The third-order valence-corrected chi connectivity index (χ3v) is 2.35. The van der Waals surface area contributed by atoms with Crippen molar-refractivity contribution in [2.45, 2.75) is 71.1 Å². The predicted molar refractivity (Wildman–Crippen MR) is 57.2 cm³/mol. The van der Waals surface area contributed by atoms with Crippen molar-refractivity contribution in [1.29, 1.82) is 0 Å². The van der Waals surface area contributed by atoms with Gasteiger partial charge in [0.15, 0.2) is 0 Å². The Balaban J connectivity index is 0. The number of hydrogen-bond acceptors (Lipinski definition) is 0. The van der Waals surface area contributed by atoms with Gasteiger partial charge < -0.3 is 12.4 Å². The van der Waals surface area contributed by atoms with Gasteiger partial charge in [-0.05, 0) is 12.8 Å². The summed E-state index contributed by atoms with van der Waals surface area (Å²) in [4.78, 5) is 0. The van der Waals surface area contributed by atoms with Gasteiger partial charge in [0.25, 0.3) is 0 Å². The molecule has 0 nitrogen and oxygen atoms in total. The molecule has 0 amide bonds. The Labute approximate surface area is 90.9 Å². The molecule has 0 heterocycles. The Morgan fingerprint density at radius 2 is 1.08 bits per heavy atom. The molecule has 0 aromatic heterocycles. The van der Waals surface area contributed by atoms with Crippen LogP contribution in [0.1, 0.15) is 71.1 Å². The average Bonchev–Trinajstić information content (AvgIpc) is 2.10. The summed E-state index contributed by atoms with van der Waals surface area (Å²) in [5.74, 6) is 0. The van der Waals surface area contributed by atoms with E-state index < -0.39 is 0 Å². The van der Waals surface area contributed by atoms with E-state index in [1.165, 1.54) is 57.8 Å². The van der Waals surface area contributed by atoms with Crippen molar-refractivity contribution in [2.75, 3.05) is 0 Å². The molecular weight excluding hydrogens is 180 g/mol. The third-order valence-electron chi connectivity index (χ3n) is 2.35. The van der Waals surface area contributed by atoms with Crippen LogP contribution in [-0.2, 0) is 0 Å². The van der Waals surface area contributed by atoms with E-state index in [9.17, 15) is 0 Å². The molecule has 13 heavy (non-hydrogen) atoms. The van der Waals surface area contributed by atoms with Crippen LogP contribution in [0.15, 0.2) is 0 Å². The van der Waals surface area contributed by atoms with E-state index in [0.717, 1.165) is 6.42 Å². The minimum atomic E-state index is 0. The fourth-order valence-corrected chi connectivity index (χ4v) is 1.49. The Morgan fingerprint density at radius 1 is 0.692 bits per heavy atom. The van der Waals surface area contributed by atoms with Gasteiger partial charge >= 0.3 is 0 Å². The van der Waals surface area contributed by atoms with Gasteiger partial charge in [-0.3, -0.25) is 0 Å². The fourth-order valence-electron chi connectivity index (χ4n) is 1.49. The van der Waals surface area contributed by atoms with Gasteiger partial charge in [0, 0.05) is 0 Å². The van der Waals surface area contributed by atoms with Crippen LogP contribution in [0.4, 0.5) is 0 Å². The standard InChI is InChI=1S/C12H25.ClH/c1-3-5-7-9-11-12-10-8-6-4-2;/h1,3-12H2,2H3;1H/q+1;/p-1. The first kappa shape index (κ1) is 15.6. The van der Waals surface area contributed by atoms with Gasteiger partial charge in [-0.25, -0.2) is 0 Å². The molecule has 0 spiro atoms. The first-order chi connectivity index (χ1) is 5.91. The molecule has 0 N–H and O–H groups in total. The zero-order valence-corrected chi connectivity index (χ0v) is 9.91. The van der Waals surface area contributed by atoms with Crippen LogP contribution in [0, 0.1) is 6.92 Å². The molecule has 0 rings (SSSR count). The van der Waals surface area contributed by atoms with E-state index in [2.05, 4.69) is 13.8 Å². The van der Waals surface area contributed by atoms with Crippen molar-refractivity contribution in [3.63, 3.8) is 0 Å². The summed E-state index contributed by atoms with van der Waals surface area (Å²) in [6.45, 7) is 6.12. The van der Waals surface area contributed by atoms with Crippen molar-refractivity contribution < 1.29 is 12.4 Å². The number of halogens is 1. The maximum absolute atomic E-state index is 3.84. The van der Waals surface area contributed by atoms with Gasteiger partial charge in [-0.2, -0.15) is 0 Å². The summed E-state index contributed by atoms with van der Waals surface area (Å²) < 4.78 is 0. The Kier molecular flexibility index (Phi) is 17.6. The molecule has 0 saturated heterocycles. The number of rotatable bonds is 9. The summed E-state index contributed by atoms with van der Waals surface area (Å²) >= 11 is 0. The fraction of sp³-hybridized carbons (Fsp3) is 0.917. The number of unbranched alkanes of at least 4 members (excludes halogenated alkanes) is 9. The topological polar surface area (TPSA) is 0 Å². The van der Waals surface area contributed by atoms with E-state index in [1.807, 2.05) is 0 Å². The van der Waals surface area contributed by atoms with E-state index in [0.29, 0.717) is 0 Å². The van der Waals surface area contributed by atoms with E-state index in [4.69, 9.17) is 0 Å². The zero-order valence-electron chi connectivity index (χ0n) is 9.16. The lowest BCUT2D eigenvalue weighted by molar-refractivity contribution is -0.00000275. The van der Waals surface area contributed by atoms with Crippen LogP contribution >= 0.6 is 0 Å². The molecule has 0 radical (unpaired) electrons. The summed E-state index contributed by atoms with van der Waals surface area (Å²) in [5.41, 5.74) is 0. The van der Waals surface area contributed by atoms with Crippen molar-refractivity contribution >= 4 is 0 Å². The maximum Gasteiger partial charge on any atom is 0.0850 e. The molecule has 0 aliphatic carbocycles. The molecule has 0 aromatic rings. The highest BCUT2D eigenvalue weighted by Crippen LogP contribution is 2.09. The van der Waals surface area contributed by atoms with Crippen molar-refractivity contribution in [1.82, 2.24) is 0 Å². The molecular formula is C12H25Cl. The molecule has 0 saturated carbocycles. The highest BCUT2D eigenvalue weighted by molar-refractivity contribution is 4.47. The van der Waals surface area contributed by atoms with Crippen molar-refractivity contribution in [3.8, 4) is 0 Å². The molecule has 0 fully saturated rings. The second-order valence-electron chi connectivity index (χ2n) is 3.68. The Bertz CT molecular complexity index is 61.5. The monoisotopic (exact) mass is 204 g/mol. The molecule has 0 aliphatic heterocycles. The molecule has 0 unspecified atom stereocenters. The molecule has 0 bridgehead atoms. The summed E-state index contributed by atoms with van der Waals surface area (Å²) in [6.07, 6.45) is 13.9. The minimum Gasteiger partial charge on any atom is -1.00 e. The van der Waals surface area contributed by atoms with E-state index >= 15 is 0 Å². The summed E-state index contributed by atoms with van der Waals surface area (Å²) in [6, 6.07) is 0. The minimum absolute atomic E-state index is 0.